The van der Waals surface area contributed by atoms with Gasteiger partial charge in [0.15, 0.2) is 5.82 Å². The van der Waals surface area contributed by atoms with Crippen LogP contribution in [0.25, 0.3) is 17.1 Å². The predicted octanol–water partition coefficient (Wildman–Crippen LogP) is 4.62. The highest BCUT2D eigenvalue weighted by molar-refractivity contribution is 5.63. The summed E-state index contributed by atoms with van der Waals surface area (Å²) in [7, 11) is 1.67. The molecule has 0 spiro atoms. The van der Waals surface area contributed by atoms with E-state index in [1.54, 1.807) is 7.11 Å². The molecule has 1 aliphatic heterocycles. The summed E-state index contributed by atoms with van der Waals surface area (Å²) in [5.74, 6) is 3.50. The van der Waals surface area contributed by atoms with Crippen LogP contribution in [-0.4, -0.2) is 21.9 Å². The molecule has 0 bridgehead atoms. The Morgan fingerprint density at radius 3 is 2.62 bits per heavy atom. The first-order valence-electron chi connectivity index (χ1n) is 9.70. The molecule has 0 saturated carbocycles. The molecule has 144 valence electrons. The van der Waals surface area contributed by atoms with E-state index in [0.717, 1.165) is 52.8 Å². The van der Waals surface area contributed by atoms with Crippen LogP contribution < -0.4 is 9.47 Å². The fraction of sp³-hybridized carbons (Fsp3) is 0.167. The Kier molecular flexibility index (Phi) is 4.48. The lowest BCUT2D eigenvalue weighted by molar-refractivity contribution is 0.306. The van der Waals surface area contributed by atoms with E-state index < -0.39 is 0 Å². The van der Waals surface area contributed by atoms with Crippen LogP contribution in [0.5, 0.6) is 11.5 Å². The van der Waals surface area contributed by atoms with E-state index in [-0.39, 0.29) is 0 Å². The number of fused-ring (bicyclic) bond motifs is 3. The minimum Gasteiger partial charge on any atom is -0.497 e. The largest absolute Gasteiger partial charge is 0.497 e. The van der Waals surface area contributed by atoms with E-state index in [2.05, 4.69) is 39.0 Å². The molecule has 0 aliphatic carbocycles. The van der Waals surface area contributed by atoms with Crippen molar-refractivity contribution in [2.24, 2.45) is 0 Å². The molecule has 0 amide bonds. The van der Waals surface area contributed by atoms with Gasteiger partial charge in [-0.05, 0) is 47.9 Å². The first-order chi connectivity index (χ1) is 14.3. The molecular weight excluding hydrogens is 362 g/mol. The molecule has 1 aliphatic rings. The monoisotopic (exact) mass is 383 g/mol. The van der Waals surface area contributed by atoms with Crippen molar-refractivity contribution < 1.29 is 9.47 Å². The third-order valence-corrected chi connectivity index (χ3v) is 5.22. The van der Waals surface area contributed by atoms with Crippen LogP contribution in [0.15, 0.2) is 72.8 Å². The number of ether oxygens (including phenoxy) is 2. The van der Waals surface area contributed by atoms with E-state index in [0.29, 0.717) is 6.61 Å². The van der Waals surface area contributed by atoms with E-state index in [1.807, 2.05) is 48.5 Å². The Labute approximate surface area is 169 Å². The average molecular weight is 383 g/mol. The quantitative estimate of drug-likeness (QED) is 0.505. The second kappa shape index (κ2) is 7.43. The summed E-state index contributed by atoms with van der Waals surface area (Å²) in [6.45, 7) is 0.562. The predicted molar refractivity (Wildman–Crippen MR) is 112 cm³/mol. The van der Waals surface area contributed by atoms with E-state index >= 15 is 0 Å². The van der Waals surface area contributed by atoms with Crippen molar-refractivity contribution in [1.29, 1.82) is 0 Å². The Morgan fingerprint density at radius 2 is 1.76 bits per heavy atom. The number of hydrogen-bond acceptors (Lipinski definition) is 4. The van der Waals surface area contributed by atoms with Crippen molar-refractivity contribution in [2.45, 2.75) is 19.4 Å². The van der Waals surface area contributed by atoms with Gasteiger partial charge in [-0.15, -0.1) is 10.2 Å². The van der Waals surface area contributed by atoms with Crippen molar-refractivity contribution >= 4 is 0 Å². The van der Waals surface area contributed by atoms with Crippen LogP contribution in [0.2, 0.25) is 0 Å². The second-order valence-corrected chi connectivity index (χ2v) is 7.07. The van der Waals surface area contributed by atoms with Crippen LogP contribution in [0.4, 0.5) is 0 Å². The molecular formula is C24H21N3O2. The molecule has 4 aromatic rings. The van der Waals surface area contributed by atoms with Gasteiger partial charge in [-0.2, -0.15) is 0 Å². The number of aryl methyl sites for hydroxylation is 2. The molecule has 0 N–H and O–H groups in total. The fourth-order valence-electron chi connectivity index (χ4n) is 3.74. The molecule has 1 aromatic heterocycles. The van der Waals surface area contributed by atoms with Crippen LogP contribution in [0.3, 0.4) is 0 Å². The Bertz CT molecular complexity index is 1150. The SMILES string of the molecule is COc1cccc(-c2nnc3n2-c2ccc(OCc4ccccc4)cc2CC3)c1. The van der Waals surface area contributed by atoms with Crippen molar-refractivity contribution in [1.82, 2.24) is 14.8 Å². The number of rotatable bonds is 5. The van der Waals surface area contributed by atoms with Crippen LogP contribution >= 0.6 is 0 Å². The van der Waals surface area contributed by atoms with Crippen molar-refractivity contribution in [2.75, 3.05) is 7.11 Å². The third-order valence-electron chi connectivity index (χ3n) is 5.22. The first kappa shape index (κ1) is 17.5. The average Bonchev–Trinajstić information content (AvgIpc) is 3.23. The lowest BCUT2D eigenvalue weighted by atomic mass is 10.0. The molecule has 5 heteroatoms. The third kappa shape index (κ3) is 3.36. The van der Waals surface area contributed by atoms with E-state index in [4.69, 9.17) is 9.47 Å². The number of benzene rings is 3. The van der Waals surface area contributed by atoms with Crippen LogP contribution in [0.1, 0.15) is 17.0 Å². The summed E-state index contributed by atoms with van der Waals surface area (Å²) in [5, 5.41) is 8.89. The molecule has 2 heterocycles. The van der Waals surface area contributed by atoms with Gasteiger partial charge >= 0.3 is 0 Å². The van der Waals surface area contributed by atoms with Gasteiger partial charge < -0.3 is 9.47 Å². The van der Waals surface area contributed by atoms with Gasteiger partial charge in [0.25, 0.3) is 0 Å². The fourth-order valence-corrected chi connectivity index (χ4v) is 3.74. The van der Waals surface area contributed by atoms with Gasteiger partial charge in [0.2, 0.25) is 0 Å². The van der Waals surface area contributed by atoms with Crippen molar-refractivity contribution in [3.05, 3.63) is 89.7 Å². The Morgan fingerprint density at radius 1 is 0.862 bits per heavy atom. The first-order valence-corrected chi connectivity index (χ1v) is 9.70. The number of hydrogen-bond donors (Lipinski definition) is 0. The van der Waals surface area contributed by atoms with E-state index in [9.17, 15) is 0 Å². The number of methoxy groups -OCH3 is 1. The van der Waals surface area contributed by atoms with Crippen molar-refractivity contribution in [3.63, 3.8) is 0 Å². The zero-order chi connectivity index (χ0) is 19.6. The lowest BCUT2D eigenvalue weighted by Gasteiger charge is -2.20. The minimum atomic E-state index is 0.562. The summed E-state index contributed by atoms with van der Waals surface area (Å²) >= 11 is 0. The highest BCUT2D eigenvalue weighted by atomic mass is 16.5. The van der Waals surface area contributed by atoms with Crippen LogP contribution in [0, 0.1) is 0 Å². The summed E-state index contributed by atoms with van der Waals surface area (Å²) in [4.78, 5) is 0. The summed E-state index contributed by atoms with van der Waals surface area (Å²) in [6.07, 6.45) is 1.78. The van der Waals surface area contributed by atoms with Gasteiger partial charge in [-0.1, -0.05) is 42.5 Å². The minimum absolute atomic E-state index is 0.562. The number of aromatic nitrogens is 3. The van der Waals surface area contributed by atoms with Gasteiger partial charge in [0.05, 0.1) is 12.8 Å². The highest BCUT2D eigenvalue weighted by Crippen LogP contribution is 2.33. The lowest BCUT2D eigenvalue weighted by Crippen LogP contribution is -2.13. The highest BCUT2D eigenvalue weighted by Gasteiger charge is 2.22. The van der Waals surface area contributed by atoms with Gasteiger partial charge in [0.1, 0.15) is 23.9 Å². The zero-order valence-corrected chi connectivity index (χ0v) is 16.2. The summed E-state index contributed by atoms with van der Waals surface area (Å²) < 4.78 is 13.5. The molecule has 0 saturated heterocycles. The van der Waals surface area contributed by atoms with Crippen LogP contribution in [-0.2, 0) is 19.4 Å². The standard InChI is InChI=1S/C24H21N3O2/c1-28-20-9-5-8-19(15-20)24-26-25-23-13-10-18-14-21(11-12-22(18)27(23)24)29-16-17-6-3-2-4-7-17/h2-9,11-12,14-15H,10,13,16H2,1H3. The molecule has 0 radical (unpaired) electrons. The molecule has 0 atom stereocenters. The molecule has 3 aromatic carbocycles. The Balaban J connectivity index is 1.47. The smallest absolute Gasteiger partial charge is 0.168 e. The van der Waals surface area contributed by atoms with Gasteiger partial charge in [-0.25, -0.2) is 0 Å². The van der Waals surface area contributed by atoms with Crippen molar-refractivity contribution in [3.8, 4) is 28.6 Å². The zero-order valence-electron chi connectivity index (χ0n) is 16.2. The molecule has 5 rings (SSSR count). The maximum Gasteiger partial charge on any atom is 0.168 e. The summed E-state index contributed by atoms with van der Waals surface area (Å²) in [6, 6.07) is 24.4. The maximum absolute atomic E-state index is 6.02. The molecule has 29 heavy (non-hydrogen) atoms. The number of nitrogens with zero attached hydrogens (tertiary/aromatic N) is 3. The maximum atomic E-state index is 6.02. The molecule has 5 nitrogen and oxygen atoms in total. The Hall–Kier alpha value is -3.60. The van der Waals surface area contributed by atoms with Gasteiger partial charge in [-0.3, -0.25) is 4.57 Å². The normalized spacial score (nSPS) is 12.2. The summed E-state index contributed by atoms with van der Waals surface area (Å²) in [5.41, 5.74) is 4.50. The van der Waals surface area contributed by atoms with E-state index in [1.165, 1.54) is 5.56 Å². The molecule has 0 unspecified atom stereocenters. The topological polar surface area (TPSA) is 49.2 Å². The van der Waals surface area contributed by atoms with Gasteiger partial charge in [0, 0.05) is 12.0 Å². The second-order valence-electron chi connectivity index (χ2n) is 7.07. The molecule has 0 fully saturated rings.